The molecule has 0 aromatic carbocycles. The SMILES string of the molecule is CC(C)CN1CCC2(CC1)CN(CCCS)CCO2. The van der Waals surface area contributed by atoms with Crippen LogP contribution in [0, 0.1) is 5.92 Å². The molecule has 112 valence electrons. The fourth-order valence-corrected chi connectivity index (χ4v) is 3.51. The van der Waals surface area contributed by atoms with E-state index in [0.717, 1.165) is 31.4 Å². The average Bonchev–Trinajstić information content (AvgIpc) is 2.39. The van der Waals surface area contributed by atoms with E-state index in [1.165, 1.54) is 45.4 Å². The smallest absolute Gasteiger partial charge is 0.0833 e. The molecule has 0 aromatic heterocycles. The molecule has 0 aromatic rings. The zero-order chi connectivity index (χ0) is 13.7. The van der Waals surface area contributed by atoms with Crippen LogP contribution >= 0.6 is 12.6 Å². The summed E-state index contributed by atoms with van der Waals surface area (Å²) in [5, 5.41) is 0. The maximum absolute atomic E-state index is 6.18. The highest BCUT2D eigenvalue weighted by Gasteiger charge is 2.39. The number of rotatable bonds is 5. The number of thiol groups is 1. The minimum absolute atomic E-state index is 0.155. The molecular weight excluding hydrogens is 256 g/mol. The lowest BCUT2D eigenvalue weighted by Gasteiger charge is -2.47. The molecule has 0 saturated carbocycles. The van der Waals surface area contributed by atoms with Gasteiger partial charge >= 0.3 is 0 Å². The highest BCUT2D eigenvalue weighted by molar-refractivity contribution is 7.80. The van der Waals surface area contributed by atoms with Gasteiger partial charge in [0.25, 0.3) is 0 Å². The summed E-state index contributed by atoms with van der Waals surface area (Å²) < 4.78 is 6.18. The quantitative estimate of drug-likeness (QED) is 0.780. The Morgan fingerprint density at radius 1 is 1.16 bits per heavy atom. The van der Waals surface area contributed by atoms with Crippen LogP contribution in [0.2, 0.25) is 0 Å². The summed E-state index contributed by atoms with van der Waals surface area (Å²) in [6, 6.07) is 0. The predicted octanol–water partition coefficient (Wildman–Crippen LogP) is 2.13. The van der Waals surface area contributed by atoms with Gasteiger partial charge in [-0.15, -0.1) is 0 Å². The number of hydrogen-bond acceptors (Lipinski definition) is 4. The molecule has 0 amide bonds. The van der Waals surface area contributed by atoms with Gasteiger partial charge in [0.1, 0.15) is 0 Å². The van der Waals surface area contributed by atoms with Crippen LogP contribution in [-0.2, 0) is 4.74 Å². The lowest BCUT2D eigenvalue weighted by atomic mass is 9.89. The van der Waals surface area contributed by atoms with Crippen LogP contribution in [0.4, 0.5) is 0 Å². The standard InChI is InChI=1S/C15H30N2OS/c1-14(2)12-16-7-4-15(5-8-16)13-17(6-3-11-19)9-10-18-15/h14,19H,3-13H2,1-2H3. The van der Waals surface area contributed by atoms with Crippen molar-refractivity contribution < 1.29 is 4.74 Å². The van der Waals surface area contributed by atoms with Crippen LogP contribution in [0.5, 0.6) is 0 Å². The summed E-state index contributed by atoms with van der Waals surface area (Å²) in [6.45, 7) is 12.6. The Bertz CT molecular complexity index is 265. The molecule has 0 bridgehead atoms. The predicted molar refractivity (Wildman–Crippen MR) is 84.1 cm³/mol. The molecule has 2 heterocycles. The maximum atomic E-state index is 6.18. The third-order valence-corrected chi connectivity index (χ3v) is 4.67. The molecule has 2 saturated heterocycles. The summed E-state index contributed by atoms with van der Waals surface area (Å²) >= 11 is 4.32. The summed E-state index contributed by atoms with van der Waals surface area (Å²) in [5.74, 6) is 1.76. The van der Waals surface area contributed by atoms with Gasteiger partial charge in [-0.1, -0.05) is 13.8 Å². The second kappa shape index (κ2) is 7.30. The molecule has 0 N–H and O–H groups in total. The minimum atomic E-state index is 0.155. The van der Waals surface area contributed by atoms with Crippen molar-refractivity contribution in [3.05, 3.63) is 0 Å². The lowest BCUT2D eigenvalue weighted by molar-refractivity contribution is -0.136. The number of morpholine rings is 1. The van der Waals surface area contributed by atoms with E-state index in [1.54, 1.807) is 0 Å². The number of nitrogens with zero attached hydrogens (tertiary/aromatic N) is 2. The third kappa shape index (κ3) is 4.62. The number of hydrogen-bond donors (Lipinski definition) is 1. The van der Waals surface area contributed by atoms with Crippen LogP contribution in [0.15, 0.2) is 0 Å². The molecule has 2 rings (SSSR count). The molecule has 2 aliphatic heterocycles. The van der Waals surface area contributed by atoms with Crippen LogP contribution < -0.4 is 0 Å². The minimum Gasteiger partial charge on any atom is -0.372 e. The Kier molecular flexibility index (Phi) is 6.00. The highest BCUT2D eigenvalue weighted by Crippen LogP contribution is 2.30. The first-order valence-electron chi connectivity index (χ1n) is 7.83. The summed E-state index contributed by atoms with van der Waals surface area (Å²) in [5.41, 5.74) is 0.155. The topological polar surface area (TPSA) is 15.7 Å². The molecule has 1 spiro atoms. The fourth-order valence-electron chi connectivity index (χ4n) is 3.37. The van der Waals surface area contributed by atoms with Crippen LogP contribution in [0.1, 0.15) is 33.1 Å². The second-order valence-electron chi connectivity index (χ2n) is 6.58. The first kappa shape index (κ1) is 15.6. The van der Waals surface area contributed by atoms with Gasteiger partial charge in [-0.05, 0) is 37.5 Å². The van der Waals surface area contributed by atoms with E-state index in [-0.39, 0.29) is 5.60 Å². The van der Waals surface area contributed by atoms with E-state index in [0.29, 0.717) is 0 Å². The molecule has 0 unspecified atom stereocenters. The Hall–Kier alpha value is 0.230. The molecule has 19 heavy (non-hydrogen) atoms. The van der Waals surface area contributed by atoms with Gasteiger partial charge in [0.15, 0.2) is 0 Å². The molecule has 0 radical (unpaired) electrons. The Morgan fingerprint density at radius 2 is 1.89 bits per heavy atom. The van der Waals surface area contributed by atoms with Crippen LogP contribution in [0.3, 0.4) is 0 Å². The molecule has 0 atom stereocenters. The van der Waals surface area contributed by atoms with Gasteiger partial charge in [-0.2, -0.15) is 12.6 Å². The van der Waals surface area contributed by atoms with Gasteiger partial charge in [0.05, 0.1) is 12.2 Å². The molecule has 0 aliphatic carbocycles. The Labute approximate surface area is 124 Å². The second-order valence-corrected chi connectivity index (χ2v) is 7.03. The first-order chi connectivity index (χ1) is 9.13. The van der Waals surface area contributed by atoms with Crippen molar-refractivity contribution in [2.45, 2.75) is 38.7 Å². The summed E-state index contributed by atoms with van der Waals surface area (Å²) in [7, 11) is 0. The van der Waals surface area contributed by atoms with E-state index >= 15 is 0 Å². The van der Waals surface area contributed by atoms with Gasteiger partial charge in [0, 0.05) is 32.7 Å². The van der Waals surface area contributed by atoms with Crippen LogP contribution in [0.25, 0.3) is 0 Å². The van der Waals surface area contributed by atoms with Crippen molar-refractivity contribution >= 4 is 12.6 Å². The number of piperidine rings is 1. The molecule has 4 heteroatoms. The van der Waals surface area contributed by atoms with Crippen molar-refractivity contribution in [3.63, 3.8) is 0 Å². The van der Waals surface area contributed by atoms with Crippen molar-refractivity contribution in [1.29, 1.82) is 0 Å². The Balaban J connectivity index is 1.80. The van der Waals surface area contributed by atoms with E-state index in [4.69, 9.17) is 4.74 Å². The zero-order valence-electron chi connectivity index (χ0n) is 12.6. The van der Waals surface area contributed by atoms with Crippen molar-refractivity contribution in [2.75, 3.05) is 51.6 Å². The zero-order valence-corrected chi connectivity index (χ0v) is 13.5. The largest absolute Gasteiger partial charge is 0.372 e. The van der Waals surface area contributed by atoms with Gasteiger partial charge in [-0.25, -0.2) is 0 Å². The first-order valence-corrected chi connectivity index (χ1v) is 8.46. The Morgan fingerprint density at radius 3 is 2.53 bits per heavy atom. The fraction of sp³-hybridized carbons (Fsp3) is 1.00. The van der Waals surface area contributed by atoms with Gasteiger partial charge in [0.2, 0.25) is 0 Å². The van der Waals surface area contributed by atoms with Crippen molar-refractivity contribution in [2.24, 2.45) is 5.92 Å². The molecular formula is C15H30N2OS. The van der Waals surface area contributed by atoms with E-state index in [1.807, 2.05) is 0 Å². The van der Waals surface area contributed by atoms with Gasteiger partial charge < -0.3 is 9.64 Å². The summed E-state index contributed by atoms with van der Waals surface area (Å²) in [4.78, 5) is 5.18. The maximum Gasteiger partial charge on any atom is 0.0833 e. The molecule has 2 aliphatic rings. The van der Waals surface area contributed by atoms with E-state index in [9.17, 15) is 0 Å². The number of ether oxygens (including phenoxy) is 1. The lowest BCUT2D eigenvalue weighted by Crippen LogP contribution is -2.57. The molecule has 2 fully saturated rings. The number of likely N-dealkylation sites (tertiary alicyclic amines) is 1. The van der Waals surface area contributed by atoms with E-state index in [2.05, 4.69) is 36.3 Å². The third-order valence-electron chi connectivity index (χ3n) is 4.35. The molecule has 3 nitrogen and oxygen atoms in total. The summed E-state index contributed by atoms with van der Waals surface area (Å²) in [6.07, 6.45) is 3.60. The van der Waals surface area contributed by atoms with Crippen LogP contribution in [-0.4, -0.2) is 67.0 Å². The monoisotopic (exact) mass is 286 g/mol. The average molecular weight is 286 g/mol. The van der Waals surface area contributed by atoms with Crippen molar-refractivity contribution in [1.82, 2.24) is 9.80 Å². The van der Waals surface area contributed by atoms with Gasteiger partial charge in [-0.3, -0.25) is 4.90 Å². The van der Waals surface area contributed by atoms with Crippen molar-refractivity contribution in [3.8, 4) is 0 Å². The van der Waals surface area contributed by atoms with E-state index < -0.39 is 0 Å². The normalized spacial score (nSPS) is 25.3. The highest BCUT2D eigenvalue weighted by atomic mass is 32.1.